The van der Waals surface area contributed by atoms with Gasteiger partial charge in [-0.15, -0.1) is 0 Å². The van der Waals surface area contributed by atoms with Crippen molar-refractivity contribution in [1.29, 1.82) is 0 Å². The van der Waals surface area contributed by atoms with Crippen molar-refractivity contribution in [2.45, 2.75) is 26.4 Å². The zero-order valence-corrected chi connectivity index (χ0v) is 12.2. The minimum absolute atomic E-state index is 0.0483. The topological polar surface area (TPSA) is 21.3 Å². The molecule has 2 rings (SSSR count). The maximum Gasteiger partial charge on any atom is 0.125 e. The fraction of sp³-hybridized carbons (Fsp3) is 0.600. The highest BCUT2D eigenvalue weighted by molar-refractivity contribution is 6.30. The monoisotopic (exact) mass is 285 g/mol. The molecule has 0 aromatic heterocycles. The van der Waals surface area contributed by atoms with E-state index in [9.17, 15) is 4.39 Å². The fourth-order valence-corrected chi connectivity index (χ4v) is 2.74. The quantitative estimate of drug-likeness (QED) is 0.888. The average Bonchev–Trinajstić information content (AvgIpc) is 2.75. The van der Waals surface area contributed by atoms with Gasteiger partial charge in [-0.1, -0.05) is 25.4 Å². The highest BCUT2D eigenvalue weighted by atomic mass is 35.5. The molecule has 1 aromatic rings. The number of halogens is 2. The van der Waals surface area contributed by atoms with Crippen molar-refractivity contribution in [3.8, 4) is 0 Å². The molecule has 1 heterocycles. The molecule has 106 valence electrons. The van der Waals surface area contributed by atoms with Crippen LogP contribution in [-0.2, 0) is 4.74 Å². The van der Waals surface area contributed by atoms with E-state index in [4.69, 9.17) is 16.3 Å². The lowest BCUT2D eigenvalue weighted by molar-refractivity contribution is 0.0901. The first-order valence-electron chi connectivity index (χ1n) is 6.84. The number of benzene rings is 1. The molecule has 0 aliphatic carbocycles. The van der Waals surface area contributed by atoms with Crippen LogP contribution in [0.25, 0.3) is 0 Å². The van der Waals surface area contributed by atoms with E-state index < -0.39 is 0 Å². The third-order valence-electron chi connectivity index (χ3n) is 3.39. The summed E-state index contributed by atoms with van der Waals surface area (Å²) in [6, 6.07) is 4.65. The van der Waals surface area contributed by atoms with Crippen molar-refractivity contribution in [1.82, 2.24) is 5.32 Å². The first-order chi connectivity index (χ1) is 9.06. The highest BCUT2D eigenvalue weighted by Crippen LogP contribution is 2.35. The molecule has 2 unspecified atom stereocenters. The summed E-state index contributed by atoms with van der Waals surface area (Å²) in [5.74, 6) is 0.716. The molecule has 0 saturated carbocycles. The van der Waals surface area contributed by atoms with Gasteiger partial charge in [0.15, 0.2) is 0 Å². The lowest BCUT2D eigenvalue weighted by Gasteiger charge is -2.20. The molecule has 4 heteroatoms. The predicted molar refractivity (Wildman–Crippen MR) is 75.9 cm³/mol. The van der Waals surface area contributed by atoms with Gasteiger partial charge in [0.2, 0.25) is 0 Å². The van der Waals surface area contributed by atoms with Crippen LogP contribution >= 0.6 is 11.6 Å². The van der Waals surface area contributed by atoms with Crippen LogP contribution in [0.4, 0.5) is 4.39 Å². The summed E-state index contributed by atoms with van der Waals surface area (Å²) >= 11 is 5.91. The molecular weight excluding hydrogens is 265 g/mol. The predicted octanol–water partition coefficient (Wildman–Crippen LogP) is 3.80. The van der Waals surface area contributed by atoms with Crippen LogP contribution in [-0.4, -0.2) is 19.7 Å². The van der Waals surface area contributed by atoms with Crippen LogP contribution in [0.5, 0.6) is 0 Å². The van der Waals surface area contributed by atoms with E-state index in [0.717, 1.165) is 31.7 Å². The summed E-state index contributed by atoms with van der Waals surface area (Å²) in [5.41, 5.74) is 0.846. The smallest absolute Gasteiger partial charge is 0.125 e. The Morgan fingerprint density at radius 3 is 2.89 bits per heavy atom. The first-order valence-corrected chi connectivity index (χ1v) is 7.22. The summed E-state index contributed by atoms with van der Waals surface area (Å²) in [6.07, 6.45) is 0.956. The SMILES string of the molecule is CC(C)CNCC1CCOC1c1cc(F)cc(Cl)c1. The van der Waals surface area contributed by atoms with Gasteiger partial charge in [-0.05, 0) is 42.6 Å². The van der Waals surface area contributed by atoms with Crippen molar-refractivity contribution < 1.29 is 9.13 Å². The van der Waals surface area contributed by atoms with Gasteiger partial charge >= 0.3 is 0 Å². The Labute approximate surface area is 119 Å². The van der Waals surface area contributed by atoms with Crippen molar-refractivity contribution in [3.05, 3.63) is 34.6 Å². The second-order valence-corrected chi connectivity index (χ2v) is 6.03. The van der Waals surface area contributed by atoms with Crippen molar-refractivity contribution in [2.75, 3.05) is 19.7 Å². The number of hydrogen-bond donors (Lipinski definition) is 1. The highest BCUT2D eigenvalue weighted by Gasteiger charge is 2.29. The second kappa shape index (κ2) is 6.69. The van der Waals surface area contributed by atoms with Gasteiger partial charge < -0.3 is 10.1 Å². The van der Waals surface area contributed by atoms with Gasteiger partial charge in [0.1, 0.15) is 5.82 Å². The third kappa shape index (κ3) is 4.16. The first kappa shape index (κ1) is 14.8. The molecular formula is C15H21ClFNO. The summed E-state index contributed by atoms with van der Waals surface area (Å²) in [7, 11) is 0. The molecule has 1 aromatic carbocycles. The van der Waals surface area contributed by atoms with E-state index in [1.807, 2.05) is 0 Å². The van der Waals surface area contributed by atoms with E-state index >= 15 is 0 Å². The van der Waals surface area contributed by atoms with E-state index in [2.05, 4.69) is 19.2 Å². The molecule has 0 radical (unpaired) electrons. The lowest BCUT2D eigenvalue weighted by atomic mass is 9.95. The van der Waals surface area contributed by atoms with Crippen LogP contribution in [0.15, 0.2) is 18.2 Å². The Morgan fingerprint density at radius 2 is 2.21 bits per heavy atom. The average molecular weight is 286 g/mol. The van der Waals surface area contributed by atoms with Gasteiger partial charge in [-0.25, -0.2) is 4.39 Å². The Bertz CT molecular complexity index is 404. The molecule has 1 N–H and O–H groups in total. The van der Waals surface area contributed by atoms with Crippen molar-refractivity contribution in [2.24, 2.45) is 11.8 Å². The third-order valence-corrected chi connectivity index (χ3v) is 3.60. The number of hydrogen-bond acceptors (Lipinski definition) is 2. The number of ether oxygens (including phenoxy) is 1. The summed E-state index contributed by atoms with van der Waals surface area (Å²) in [4.78, 5) is 0. The molecule has 1 aliphatic heterocycles. The van der Waals surface area contributed by atoms with E-state index in [-0.39, 0.29) is 11.9 Å². The Kier molecular flexibility index (Phi) is 5.20. The van der Waals surface area contributed by atoms with Crippen molar-refractivity contribution in [3.63, 3.8) is 0 Å². The van der Waals surface area contributed by atoms with E-state index in [1.165, 1.54) is 12.1 Å². The molecule has 1 saturated heterocycles. The largest absolute Gasteiger partial charge is 0.373 e. The van der Waals surface area contributed by atoms with Gasteiger partial charge in [0.25, 0.3) is 0 Å². The lowest BCUT2D eigenvalue weighted by Crippen LogP contribution is -2.28. The Balaban J connectivity index is 2.01. The Hall–Kier alpha value is -0.640. The zero-order valence-electron chi connectivity index (χ0n) is 11.5. The van der Waals surface area contributed by atoms with E-state index in [1.54, 1.807) is 6.07 Å². The second-order valence-electron chi connectivity index (χ2n) is 5.60. The minimum atomic E-state index is -0.299. The summed E-state index contributed by atoms with van der Waals surface area (Å²) in [6.45, 7) is 6.99. The normalized spacial score (nSPS) is 23.2. The molecule has 0 bridgehead atoms. The molecule has 1 fully saturated rings. The van der Waals surface area contributed by atoms with Gasteiger partial charge in [0.05, 0.1) is 6.10 Å². The van der Waals surface area contributed by atoms with Crippen LogP contribution in [0.2, 0.25) is 5.02 Å². The minimum Gasteiger partial charge on any atom is -0.373 e. The van der Waals surface area contributed by atoms with Crippen LogP contribution in [0.1, 0.15) is 31.9 Å². The van der Waals surface area contributed by atoms with E-state index in [0.29, 0.717) is 16.9 Å². The molecule has 1 aliphatic rings. The van der Waals surface area contributed by atoms with Crippen molar-refractivity contribution >= 4 is 11.6 Å². The number of rotatable bonds is 5. The fourth-order valence-electron chi connectivity index (χ4n) is 2.51. The molecule has 2 nitrogen and oxygen atoms in total. The molecule has 2 atom stereocenters. The summed E-state index contributed by atoms with van der Waals surface area (Å²) in [5, 5.41) is 3.88. The molecule has 0 spiro atoms. The Morgan fingerprint density at radius 1 is 1.42 bits per heavy atom. The maximum absolute atomic E-state index is 13.4. The van der Waals surface area contributed by atoms with Gasteiger partial charge in [0, 0.05) is 24.1 Å². The number of nitrogens with one attached hydrogen (secondary N) is 1. The van der Waals surface area contributed by atoms with Crippen LogP contribution in [0, 0.1) is 17.7 Å². The van der Waals surface area contributed by atoms with Crippen LogP contribution in [0.3, 0.4) is 0 Å². The maximum atomic E-state index is 13.4. The van der Waals surface area contributed by atoms with Gasteiger partial charge in [-0.3, -0.25) is 0 Å². The standard InChI is InChI=1S/C15H21ClFNO/c1-10(2)8-18-9-11-3-4-19-15(11)12-5-13(16)7-14(17)6-12/h5-7,10-11,15,18H,3-4,8-9H2,1-2H3. The van der Waals surface area contributed by atoms with Gasteiger partial charge in [-0.2, -0.15) is 0 Å². The zero-order chi connectivity index (χ0) is 13.8. The molecule has 19 heavy (non-hydrogen) atoms. The molecule has 0 amide bonds. The van der Waals surface area contributed by atoms with Crippen LogP contribution < -0.4 is 5.32 Å². The summed E-state index contributed by atoms with van der Waals surface area (Å²) < 4.78 is 19.2.